The van der Waals surface area contributed by atoms with Gasteiger partial charge in [-0.15, -0.1) is 0 Å². The van der Waals surface area contributed by atoms with E-state index >= 15 is 0 Å². The number of phenols is 1. The average molecular weight is 432 g/mol. The Morgan fingerprint density at radius 2 is 1.97 bits per heavy atom. The molecule has 0 unspecified atom stereocenters. The van der Waals surface area contributed by atoms with Crippen molar-refractivity contribution in [1.82, 2.24) is 9.99 Å². The Morgan fingerprint density at radius 1 is 1.21 bits per heavy atom. The second kappa shape index (κ2) is 8.59. The number of nitrogens with one attached hydrogen (secondary N) is 1. The molecule has 0 aliphatic rings. The molecule has 0 aliphatic heterocycles. The molecule has 0 saturated carbocycles. The van der Waals surface area contributed by atoms with Crippen molar-refractivity contribution < 1.29 is 14.6 Å². The van der Waals surface area contributed by atoms with Crippen molar-refractivity contribution in [3.05, 3.63) is 75.0 Å². The number of aryl methyl sites for hydroxylation is 1. The number of hydrazone groups is 1. The van der Waals surface area contributed by atoms with E-state index in [2.05, 4.69) is 10.5 Å². The molecule has 1 aromatic heterocycles. The summed E-state index contributed by atoms with van der Waals surface area (Å²) in [5.41, 5.74) is 5.90. The molecule has 6 nitrogen and oxygen atoms in total. The summed E-state index contributed by atoms with van der Waals surface area (Å²) in [7, 11) is 1.48. The summed E-state index contributed by atoms with van der Waals surface area (Å²) in [6.45, 7) is 3.86. The lowest BCUT2D eigenvalue weighted by molar-refractivity contribution is 0.0952. The highest BCUT2D eigenvalue weighted by atomic mass is 35.5. The number of nitrogens with zero attached hydrogens (tertiary/aromatic N) is 2. The fourth-order valence-electron chi connectivity index (χ4n) is 3.01. The molecule has 3 rings (SSSR count). The van der Waals surface area contributed by atoms with Gasteiger partial charge in [0.1, 0.15) is 11.5 Å². The monoisotopic (exact) mass is 431 g/mol. The average Bonchev–Trinajstić information content (AvgIpc) is 2.97. The van der Waals surface area contributed by atoms with Gasteiger partial charge in [-0.05, 0) is 44.2 Å². The number of benzene rings is 2. The van der Waals surface area contributed by atoms with Crippen molar-refractivity contribution in [2.45, 2.75) is 13.8 Å². The van der Waals surface area contributed by atoms with E-state index in [1.54, 1.807) is 12.1 Å². The SMILES string of the molecule is COc1ccc(C(=O)N/N=C\c2cc(C)n(-c3cccc(Cl)c3Cl)c2C)c(O)c1. The van der Waals surface area contributed by atoms with Crippen molar-refractivity contribution in [3.8, 4) is 17.2 Å². The molecular weight excluding hydrogens is 413 g/mol. The first-order valence-corrected chi connectivity index (χ1v) is 9.42. The van der Waals surface area contributed by atoms with Gasteiger partial charge in [-0.2, -0.15) is 5.10 Å². The van der Waals surface area contributed by atoms with E-state index in [9.17, 15) is 9.90 Å². The van der Waals surface area contributed by atoms with Crippen LogP contribution in [0, 0.1) is 13.8 Å². The molecule has 0 saturated heterocycles. The van der Waals surface area contributed by atoms with E-state index in [1.165, 1.54) is 25.5 Å². The number of aromatic nitrogens is 1. The Kier molecular flexibility index (Phi) is 6.15. The number of phenolic OH excluding ortho intramolecular Hbond substituents is 1. The van der Waals surface area contributed by atoms with Gasteiger partial charge in [-0.1, -0.05) is 29.3 Å². The van der Waals surface area contributed by atoms with Crippen LogP contribution >= 0.6 is 23.2 Å². The van der Waals surface area contributed by atoms with Crippen LogP contribution in [0.3, 0.4) is 0 Å². The molecule has 1 heterocycles. The lowest BCUT2D eigenvalue weighted by Crippen LogP contribution is -2.17. The quantitative estimate of drug-likeness (QED) is 0.446. The van der Waals surface area contributed by atoms with Crippen LogP contribution in [0.4, 0.5) is 0 Å². The largest absolute Gasteiger partial charge is 0.507 e. The molecule has 1 amide bonds. The number of methoxy groups -OCH3 is 1. The van der Waals surface area contributed by atoms with Crippen LogP contribution in [0.2, 0.25) is 10.0 Å². The van der Waals surface area contributed by atoms with Gasteiger partial charge in [-0.25, -0.2) is 5.43 Å². The minimum absolute atomic E-state index is 0.0964. The first-order valence-electron chi connectivity index (χ1n) is 8.67. The lowest BCUT2D eigenvalue weighted by atomic mass is 10.2. The second-order valence-corrected chi connectivity index (χ2v) is 7.10. The standard InChI is InChI=1S/C21H19Cl2N3O3/c1-12-9-14(13(2)26(12)18-6-4-5-17(22)20(18)23)11-24-25-21(28)16-8-7-15(29-3)10-19(16)27/h4-11,27H,1-3H3,(H,25,28)/b24-11-. The summed E-state index contributed by atoms with van der Waals surface area (Å²) in [4.78, 5) is 12.3. The third-order valence-electron chi connectivity index (χ3n) is 4.46. The van der Waals surface area contributed by atoms with Gasteiger partial charge >= 0.3 is 0 Å². The predicted molar refractivity (Wildman–Crippen MR) is 115 cm³/mol. The number of amides is 1. The van der Waals surface area contributed by atoms with Crippen LogP contribution < -0.4 is 10.2 Å². The topological polar surface area (TPSA) is 75.8 Å². The lowest BCUT2D eigenvalue weighted by Gasteiger charge is -2.12. The van der Waals surface area contributed by atoms with Crippen LogP contribution in [0.1, 0.15) is 27.3 Å². The summed E-state index contributed by atoms with van der Waals surface area (Å²) >= 11 is 12.5. The minimum atomic E-state index is -0.534. The van der Waals surface area contributed by atoms with E-state index in [1.807, 2.05) is 36.6 Å². The minimum Gasteiger partial charge on any atom is -0.507 e. The maximum atomic E-state index is 12.3. The molecule has 0 bridgehead atoms. The molecule has 3 aromatic rings. The normalized spacial score (nSPS) is 11.1. The summed E-state index contributed by atoms with van der Waals surface area (Å²) in [5.74, 6) is -0.270. The Labute approximate surface area is 178 Å². The predicted octanol–water partition coefficient (Wildman–Crippen LogP) is 4.88. The van der Waals surface area contributed by atoms with Crippen LogP contribution in [0.25, 0.3) is 5.69 Å². The maximum Gasteiger partial charge on any atom is 0.275 e. The second-order valence-electron chi connectivity index (χ2n) is 6.32. The van der Waals surface area contributed by atoms with E-state index < -0.39 is 5.91 Å². The fourth-order valence-corrected chi connectivity index (χ4v) is 3.39. The van der Waals surface area contributed by atoms with Gasteiger partial charge in [0.2, 0.25) is 0 Å². The molecule has 2 aromatic carbocycles. The van der Waals surface area contributed by atoms with Crippen LogP contribution in [-0.4, -0.2) is 28.9 Å². The summed E-state index contributed by atoms with van der Waals surface area (Å²) < 4.78 is 6.97. The van der Waals surface area contributed by atoms with Crippen molar-refractivity contribution in [2.24, 2.45) is 5.10 Å². The van der Waals surface area contributed by atoms with Gasteiger partial charge in [0.05, 0.1) is 34.6 Å². The molecule has 0 radical (unpaired) electrons. The number of carbonyl (C=O) groups excluding carboxylic acids is 1. The van der Waals surface area contributed by atoms with Crippen molar-refractivity contribution >= 4 is 35.3 Å². The van der Waals surface area contributed by atoms with Crippen molar-refractivity contribution in [3.63, 3.8) is 0 Å². The maximum absolute atomic E-state index is 12.3. The summed E-state index contributed by atoms with van der Waals surface area (Å²) in [6.07, 6.45) is 1.54. The summed E-state index contributed by atoms with van der Waals surface area (Å²) in [5, 5.41) is 14.9. The number of hydrogen-bond acceptors (Lipinski definition) is 4. The fraction of sp³-hybridized carbons (Fsp3) is 0.143. The molecule has 8 heteroatoms. The number of hydrogen-bond donors (Lipinski definition) is 2. The molecule has 0 spiro atoms. The van der Waals surface area contributed by atoms with E-state index in [4.69, 9.17) is 27.9 Å². The van der Waals surface area contributed by atoms with Crippen molar-refractivity contribution in [2.75, 3.05) is 7.11 Å². The molecular formula is C21H19Cl2N3O3. The highest BCUT2D eigenvalue weighted by Gasteiger charge is 2.14. The summed E-state index contributed by atoms with van der Waals surface area (Å²) in [6, 6.07) is 11.8. The molecule has 2 N–H and O–H groups in total. The first kappa shape index (κ1) is 20.8. The van der Waals surface area contributed by atoms with Gasteiger partial charge in [0.25, 0.3) is 5.91 Å². The molecule has 0 aliphatic carbocycles. The highest BCUT2D eigenvalue weighted by Crippen LogP contribution is 2.31. The van der Waals surface area contributed by atoms with Crippen LogP contribution in [0.5, 0.6) is 11.5 Å². The number of aromatic hydroxyl groups is 1. The molecule has 0 fully saturated rings. The van der Waals surface area contributed by atoms with Crippen molar-refractivity contribution in [1.29, 1.82) is 0 Å². The van der Waals surface area contributed by atoms with E-state index in [0.29, 0.717) is 15.8 Å². The third-order valence-corrected chi connectivity index (χ3v) is 5.27. The Bertz CT molecular complexity index is 1110. The molecule has 29 heavy (non-hydrogen) atoms. The van der Waals surface area contributed by atoms with Gasteiger partial charge in [0, 0.05) is 23.0 Å². The third kappa shape index (κ3) is 4.23. The van der Waals surface area contributed by atoms with Crippen LogP contribution in [-0.2, 0) is 0 Å². The zero-order valence-electron chi connectivity index (χ0n) is 16.0. The smallest absolute Gasteiger partial charge is 0.275 e. The highest BCUT2D eigenvalue weighted by molar-refractivity contribution is 6.43. The van der Waals surface area contributed by atoms with Gasteiger partial charge in [0.15, 0.2) is 0 Å². The number of carbonyl (C=O) groups is 1. The zero-order chi connectivity index (χ0) is 21.1. The number of rotatable bonds is 5. The van der Waals surface area contributed by atoms with Crippen LogP contribution in [0.15, 0.2) is 47.6 Å². The Morgan fingerprint density at radius 3 is 2.66 bits per heavy atom. The van der Waals surface area contributed by atoms with E-state index in [0.717, 1.165) is 22.6 Å². The zero-order valence-corrected chi connectivity index (χ0v) is 17.5. The number of ether oxygens (including phenoxy) is 1. The first-order chi connectivity index (χ1) is 13.8. The van der Waals surface area contributed by atoms with Gasteiger partial charge in [-0.3, -0.25) is 4.79 Å². The Balaban J connectivity index is 1.82. The number of halogens is 2. The Hall–Kier alpha value is -2.96. The van der Waals surface area contributed by atoms with E-state index in [-0.39, 0.29) is 11.3 Å². The molecule has 0 atom stereocenters. The molecule has 150 valence electrons. The van der Waals surface area contributed by atoms with Gasteiger partial charge < -0.3 is 14.4 Å².